The van der Waals surface area contributed by atoms with E-state index in [1.165, 1.54) is 35.2 Å². The predicted molar refractivity (Wildman–Crippen MR) is 107 cm³/mol. The summed E-state index contributed by atoms with van der Waals surface area (Å²) in [7, 11) is 0. The number of nitro groups is 1. The number of anilines is 1. The largest absolute Gasteiger partial charge is 0.508 e. The van der Waals surface area contributed by atoms with E-state index in [0.29, 0.717) is 30.5 Å². The van der Waals surface area contributed by atoms with Crippen LogP contribution in [0, 0.1) is 10.1 Å². The topological polar surface area (TPSA) is 101 Å². The third-order valence-corrected chi connectivity index (χ3v) is 5.67. The Bertz CT molecular complexity index is 1060. The van der Waals surface area contributed by atoms with Gasteiger partial charge < -0.3 is 5.11 Å². The highest BCUT2D eigenvalue weighted by atomic mass is 35.5. The minimum atomic E-state index is -0.547. The van der Waals surface area contributed by atoms with Crippen LogP contribution < -0.4 is 4.90 Å². The Labute approximate surface area is 171 Å². The van der Waals surface area contributed by atoms with Crippen LogP contribution in [0.3, 0.4) is 0 Å². The molecule has 148 valence electrons. The zero-order valence-corrected chi connectivity index (χ0v) is 16.1. The average Bonchev–Trinajstić information content (AvgIpc) is 2.69. The van der Waals surface area contributed by atoms with Crippen molar-refractivity contribution in [1.29, 1.82) is 0 Å². The fraction of sp³-hybridized carbons (Fsp3) is 0.238. The summed E-state index contributed by atoms with van der Waals surface area (Å²) in [4.78, 5) is 38.0. The van der Waals surface area contributed by atoms with Gasteiger partial charge in [0.05, 0.1) is 15.6 Å². The zero-order valence-electron chi connectivity index (χ0n) is 15.3. The lowest BCUT2D eigenvalue weighted by Gasteiger charge is -2.38. The molecule has 0 aromatic heterocycles. The number of allylic oxidation sites excluding steroid dienone is 2. The second-order valence-corrected chi connectivity index (χ2v) is 7.51. The normalized spacial score (nSPS) is 19.3. The summed E-state index contributed by atoms with van der Waals surface area (Å²) >= 11 is 6.29. The molecule has 1 heterocycles. The minimum Gasteiger partial charge on any atom is -0.508 e. The molecule has 7 nitrogen and oxygen atoms in total. The van der Waals surface area contributed by atoms with Crippen LogP contribution in [0.5, 0.6) is 5.75 Å². The summed E-state index contributed by atoms with van der Waals surface area (Å²) in [5.41, 5.74) is 1.91. The smallest absolute Gasteiger partial charge is 0.271 e. The van der Waals surface area contributed by atoms with Crippen LogP contribution in [-0.2, 0) is 9.59 Å². The molecule has 0 spiro atoms. The van der Waals surface area contributed by atoms with E-state index in [0.717, 1.165) is 5.56 Å². The predicted octanol–water partition coefficient (Wildman–Crippen LogP) is 4.48. The van der Waals surface area contributed by atoms with Gasteiger partial charge in [0.25, 0.3) is 5.69 Å². The van der Waals surface area contributed by atoms with E-state index < -0.39 is 10.8 Å². The maximum absolute atomic E-state index is 13.1. The minimum absolute atomic E-state index is 0.0361. The molecular weight excluding hydrogens is 396 g/mol. The molecule has 0 radical (unpaired) electrons. The number of non-ortho nitro benzene ring substituents is 1. The Kier molecular flexibility index (Phi) is 4.84. The molecule has 1 atom stereocenters. The fourth-order valence-corrected chi connectivity index (χ4v) is 4.25. The van der Waals surface area contributed by atoms with Gasteiger partial charge in [0.15, 0.2) is 5.78 Å². The van der Waals surface area contributed by atoms with Crippen molar-refractivity contribution in [2.24, 2.45) is 0 Å². The lowest BCUT2D eigenvalue weighted by Crippen LogP contribution is -2.40. The Morgan fingerprint density at radius 1 is 1.10 bits per heavy atom. The summed E-state index contributed by atoms with van der Waals surface area (Å²) in [5.74, 6) is -0.632. The van der Waals surface area contributed by atoms with Crippen molar-refractivity contribution >= 4 is 34.7 Å². The van der Waals surface area contributed by atoms with Crippen molar-refractivity contribution in [2.45, 2.75) is 31.6 Å². The monoisotopic (exact) mass is 412 g/mol. The number of halogens is 1. The number of aromatic hydroxyl groups is 1. The maximum Gasteiger partial charge on any atom is 0.271 e. The van der Waals surface area contributed by atoms with Gasteiger partial charge in [-0.2, -0.15) is 0 Å². The Morgan fingerprint density at radius 3 is 2.52 bits per heavy atom. The van der Waals surface area contributed by atoms with Gasteiger partial charge in [-0.25, -0.2) is 0 Å². The first kappa shape index (κ1) is 19.1. The van der Waals surface area contributed by atoms with E-state index in [1.54, 1.807) is 12.1 Å². The van der Waals surface area contributed by atoms with Gasteiger partial charge in [0, 0.05) is 42.2 Å². The second-order valence-electron chi connectivity index (χ2n) is 7.11. The number of amides is 1. The molecule has 1 unspecified atom stereocenters. The Balaban J connectivity index is 1.88. The molecule has 8 heteroatoms. The quantitative estimate of drug-likeness (QED) is 0.591. The summed E-state index contributed by atoms with van der Waals surface area (Å²) in [6.45, 7) is 0. The summed E-state index contributed by atoms with van der Waals surface area (Å²) in [5, 5.41) is 21.0. The lowest BCUT2D eigenvalue weighted by atomic mass is 9.77. The van der Waals surface area contributed by atoms with E-state index in [1.807, 2.05) is 0 Å². The van der Waals surface area contributed by atoms with Crippen LogP contribution in [0.1, 0.15) is 37.2 Å². The van der Waals surface area contributed by atoms with Crippen molar-refractivity contribution in [2.75, 3.05) is 4.90 Å². The van der Waals surface area contributed by atoms with Gasteiger partial charge in [-0.05, 0) is 36.6 Å². The molecule has 0 saturated carbocycles. The van der Waals surface area contributed by atoms with Gasteiger partial charge in [0.1, 0.15) is 5.75 Å². The van der Waals surface area contributed by atoms with Crippen LogP contribution in [0.15, 0.2) is 53.7 Å². The molecule has 1 aliphatic heterocycles. The highest BCUT2D eigenvalue weighted by Gasteiger charge is 2.40. The Morgan fingerprint density at radius 2 is 1.83 bits per heavy atom. The highest BCUT2D eigenvalue weighted by Crippen LogP contribution is 2.45. The third kappa shape index (κ3) is 3.38. The number of hydrogen-bond donors (Lipinski definition) is 1. The van der Waals surface area contributed by atoms with Crippen molar-refractivity contribution < 1.29 is 19.6 Å². The number of nitro benzene ring substituents is 1. The van der Waals surface area contributed by atoms with Crippen LogP contribution in [-0.4, -0.2) is 21.7 Å². The number of phenols is 1. The molecule has 0 fully saturated rings. The van der Waals surface area contributed by atoms with E-state index in [4.69, 9.17) is 11.6 Å². The first-order chi connectivity index (χ1) is 13.9. The zero-order chi connectivity index (χ0) is 20.7. The molecule has 0 bridgehead atoms. The van der Waals surface area contributed by atoms with Crippen molar-refractivity contribution in [3.8, 4) is 5.75 Å². The molecule has 2 aromatic carbocycles. The standard InChI is InChI=1S/C21H17ClN2O5/c22-16-9-6-13(24(28)29)10-18(16)23-17-2-1-3-19(26)21(17)15(11-20(23)27)12-4-7-14(25)8-5-12/h4-10,15,25H,1-3,11H2. The summed E-state index contributed by atoms with van der Waals surface area (Å²) < 4.78 is 0. The molecule has 1 aliphatic carbocycles. The first-order valence-corrected chi connectivity index (χ1v) is 9.56. The van der Waals surface area contributed by atoms with Crippen molar-refractivity contribution in [3.05, 3.63) is 74.4 Å². The van der Waals surface area contributed by atoms with Crippen LogP contribution in [0.2, 0.25) is 5.02 Å². The van der Waals surface area contributed by atoms with Crippen LogP contribution in [0.25, 0.3) is 0 Å². The lowest BCUT2D eigenvalue weighted by molar-refractivity contribution is -0.384. The second kappa shape index (κ2) is 7.33. The van der Waals surface area contributed by atoms with Gasteiger partial charge >= 0.3 is 0 Å². The molecule has 2 aromatic rings. The van der Waals surface area contributed by atoms with Gasteiger partial charge in [-0.1, -0.05) is 23.7 Å². The van der Waals surface area contributed by atoms with Crippen LogP contribution in [0.4, 0.5) is 11.4 Å². The maximum atomic E-state index is 13.1. The number of carbonyl (C=O) groups excluding carboxylic acids is 2. The highest BCUT2D eigenvalue weighted by molar-refractivity contribution is 6.34. The fourth-order valence-electron chi connectivity index (χ4n) is 4.05. The van der Waals surface area contributed by atoms with Gasteiger partial charge in [0.2, 0.25) is 5.91 Å². The molecule has 4 rings (SSSR count). The average molecular weight is 413 g/mol. The van der Waals surface area contributed by atoms with E-state index in [-0.39, 0.29) is 40.3 Å². The number of Topliss-reactive ketones (excluding diaryl/α,β-unsaturated/α-hetero) is 1. The Hall–Kier alpha value is -3.19. The number of nitrogens with zero attached hydrogens (tertiary/aromatic N) is 2. The van der Waals surface area contributed by atoms with E-state index in [9.17, 15) is 24.8 Å². The molecule has 2 aliphatic rings. The molecular formula is C21H17ClN2O5. The van der Waals surface area contributed by atoms with Gasteiger partial charge in [-0.15, -0.1) is 0 Å². The number of ketones is 1. The molecule has 1 amide bonds. The van der Waals surface area contributed by atoms with Gasteiger partial charge in [-0.3, -0.25) is 24.6 Å². The van der Waals surface area contributed by atoms with E-state index in [2.05, 4.69) is 0 Å². The number of rotatable bonds is 3. The summed E-state index contributed by atoms with van der Waals surface area (Å²) in [6, 6.07) is 10.4. The molecule has 0 saturated heterocycles. The number of hydrogen-bond acceptors (Lipinski definition) is 5. The van der Waals surface area contributed by atoms with Crippen molar-refractivity contribution in [1.82, 2.24) is 0 Å². The molecule has 29 heavy (non-hydrogen) atoms. The SMILES string of the molecule is O=C1CCCC2=C1C(c1ccc(O)cc1)CC(=O)N2c1cc([N+](=O)[O-])ccc1Cl. The first-order valence-electron chi connectivity index (χ1n) is 9.19. The summed E-state index contributed by atoms with van der Waals surface area (Å²) in [6.07, 6.45) is 1.52. The number of phenolic OH excluding ortho intramolecular Hbond substituents is 1. The molecule has 1 N–H and O–H groups in total. The number of benzene rings is 2. The van der Waals surface area contributed by atoms with E-state index >= 15 is 0 Å². The van der Waals surface area contributed by atoms with Crippen LogP contribution >= 0.6 is 11.6 Å². The number of carbonyl (C=O) groups is 2. The third-order valence-electron chi connectivity index (χ3n) is 5.35. The van der Waals surface area contributed by atoms with Crippen molar-refractivity contribution in [3.63, 3.8) is 0 Å².